The number of piperidine rings is 1. The van der Waals surface area contributed by atoms with E-state index in [0.717, 1.165) is 5.56 Å². The zero-order valence-corrected chi connectivity index (χ0v) is 15.7. The molecule has 1 fully saturated rings. The van der Waals surface area contributed by atoms with Gasteiger partial charge in [-0.3, -0.25) is 4.79 Å². The molecule has 0 aliphatic carbocycles. The van der Waals surface area contributed by atoms with Crippen molar-refractivity contribution in [2.24, 2.45) is 0 Å². The molecule has 4 rings (SSSR count). The van der Waals surface area contributed by atoms with Gasteiger partial charge in [0.15, 0.2) is 0 Å². The highest BCUT2D eigenvalue weighted by atomic mass is 35.5. The number of carbonyl (C=O) groups is 1. The highest BCUT2D eigenvalue weighted by Gasteiger charge is 2.26. The number of amides is 1. The first-order valence-electron chi connectivity index (χ1n) is 9.00. The number of aromatic nitrogens is 2. The summed E-state index contributed by atoms with van der Waals surface area (Å²) in [5.74, 6) is -0.318. The Kier molecular flexibility index (Phi) is 5.25. The lowest BCUT2D eigenvalue weighted by Gasteiger charge is -2.32. The number of hydrogen-bond acceptors (Lipinski definition) is 5. The van der Waals surface area contributed by atoms with Crippen molar-refractivity contribution in [3.8, 4) is 11.4 Å². The van der Waals surface area contributed by atoms with Crippen molar-refractivity contribution < 1.29 is 13.7 Å². The number of anilines is 1. The van der Waals surface area contributed by atoms with Crippen LogP contribution in [0.15, 0.2) is 53.1 Å². The van der Waals surface area contributed by atoms with Gasteiger partial charge in [0.2, 0.25) is 5.82 Å². The van der Waals surface area contributed by atoms with Gasteiger partial charge >= 0.3 is 6.01 Å². The van der Waals surface area contributed by atoms with E-state index in [2.05, 4.69) is 15.5 Å². The van der Waals surface area contributed by atoms with Crippen molar-refractivity contribution >= 4 is 23.5 Å². The molecular formula is C20H18ClFN4O2. The van der Waals surface area contributed by atoms with Crippen LogP contribution < -0.4 is 5.32 Å². The monoisotopic (exact) mass is 400 g/mol. The Hall–Kier alpha value is -2.93. The summed E-state index contributed by atoms with van der Waals surface area (Å²) < 4.78 is 19.1. The van der Waals surface area contributed by atoms with Crippen molar-refractivity contribution in [3.63, 3.8) is 0 Å². The van der Waals surface area contributed by atoms with Gasteiger partial charge in [0.25, 0.3) is 5.91 Å². The maximum atomic E-state index is 13.8. The lowest BCUT2D eigenvalue weighted by atomic mass is 10.0. The summed E-state index contributed by atoms with van der Waals surface area (Å²) in [5.41, 5.74) is 0.881. The summed E-state index contributed by atoms with van der Waals surface area (Å²) in [6, 6.07) is 13.7. The van der Waals surface area contributed by atoms with Crippen LogP contribution in [0.25, 0.3) is 11.4 Å². The van der Waals surface area contributed by atoms with Gasteiger partial charge in [-0.15, -0.1) is 0 Å². The Bertz CT molecular complexity index is 986. The van der Waals surface area contributed by atoms with Crippen molar-refractivity contribution in [3.05, 3.63) is 64.9 Å². The van der Waals surface area contributed by atoms with E-state index in [4.69, 9.17) is 16.1 Å². The first-order valence-corrected chi connectivity index (χ1v) is 9.38. The maximum absolute atomic E-state index is 13.8. The van der Waals surface area contributed by atoms with E-state index in [1.54, 1.807) is 29.2 Å². The van der Waals surface area contributed by atoms with Gasteiger partial charge in [0.05, 0.1) is 5.56 Å². The van der Waals surface area contributed by atoms with Gasteiger partial charge < -0.3 is 14.7 Å². The summed E-state index contributed by atoms with van der Waals surface area (Å²) in [7, 11) is 0. The molecule has 28 heavy (non-hydrogen) atoms. The molecule has 0 atom stereocenters. The minimum Gasteiger partial charge on any atom is -0.338 e. The minimum absolute atomic E-state index is 0.0948. The van der Waals surface area contributed by atoms with Crippen LogP contribution in [0, 0.1) is 5.82 Å². The van der Waals surface area contributed by atoms with E-state index in [0.29, 0.717) is 42.8 Å². The molecule has 6 nitrogen and oxygen atoms in total. The zero-order valence-electron chi connectivity index (χ0n) is 14.9. The normalized spacial score (nSPS) is 14.9. The lowest BCUT2D eigenvalue weighted by Crippen LogP contribution is -2.42. The van der Waals surface area contributed by atoms with Crippen molar-refractivity contribution in [2.75, 3.05) is 18.4 Å². The molecule has 0 unspecified atom stereocenters. The molecule has 144 valence electrons. The first-order chi connectivity index (χ1) is 13.6. The predicted octanol–water partition coefficient (Wildman–Crippen LogP) is 4.25. The van der Waals surface area contributed by atoms with Gasteiger partial charge in [-0.2, -0.15) is 4.98 Å². The average Bonchev–Trinajstić information content (AvgIpc) is 3.17. The smallest absolute Gasteiger partial charge is 0.322 e. The molecule has 1 saturated heterocycles. The summed E-state index contributed by atoms with van der Waals surface area (Å²) >= 11 is 5.99. The van der Waals surface area contributed by atoms with Gasteiger partial charge in [0, 0.05) is 29.7 Å². The zero-order chi connectivity index (χ0) is 19.5. The molecular weight excluding hydrogens is 383 g/mol. The Balaban J connectivity index is 1.35. The van der Waals surface area contributed by atoms with Crippen molar-refractivity contribution in [2.45, 2.75) is 18.9 Å². The molecule has 1 aliphatic heterocycles. The number of halogens is 2. The third-order valence-corrected chi connectivity index (χ3v) is 4.96. The molecule has 2 heterocycles. The molecule has 0 spiro atoms. The van der Waals surface area contributed by atoms with Crippen LogP contribution in [0.3, 0.4) is 0 Å². The Morgan fingerprint density at radius 3 is 2.71 bits per heavy atom. The van der Waals surface area contributed by atoms with Crippen LogP contribution in [0.1, 0.15) is 23.2 Å². The number of nitrogens with zero attached hydrogens (tertiary/aromatic N) is 3. The number of likely N-dealkylation sites (tertiary alicyclic amines) is 1. The molecule has 0 radical (unpaired) electrons. The highest BCUT2D eigenvalue weighted by Crippen LogP contribution is 2.23. The third-order valence-electron chi connectivity index (χ3n) is 4.72. The van der Waals surface area contributed by atoms with Crippen LogP contribution in [-0.2, 0) is 0 Å². The number of carbonyl (C=O) groups excluding carboxylic acids is 1. The van der Waals surface area contributed by atoms with Crippen LogP contribution in [0.5, 0.6) is 0 Å². The van der Waals surface area contributed by atoms with Gasteiger partial charge in [0.1, 0.15) is 5.82 Å². The van der Waals surface area contributed by atoms with E-state index in [1.165, 1.54) is 12.1 Å². The fraction of sp³-hybridized carbons (Fsp3) is 0.250. The SMILES string of the molecule is O=C(c1ccccc1F)N1CCC(Nc2nc(-c3cccc(Cl)c3)no2)CC1. The third kappa shape index (κ3) is 3.99. The molecule has 0 bridgehead atoms. The molecule has 1 aliphatic rings. The fourth-order valence-corrected chi connectivity index (χ4v) is 3.42. The molecule has 1 amide bonds. The van der Waals surface area contributed by atoms with E-state index in [-0.39, 0.29) is 17.5 Å². The average molecular weight is 401 g/mol. The highest BCUT2D eigenvalue weighted by molar-refractivity contribution is 6.30. The summed E-state index contributed by atoms with van der Waals surface area (Å²) in [5, 5.41) is 7.78. The van der Waals surface area contributed by atoms with E-state index in [9.17, 15) is 9.18 Å². The topological polar surface area (TPSA) is 71.3 Å². The van der Waals surface area contributed by atoms with E-state index in [1.807, 2.05) is 12.1 Å². The number of nitrogens with one attached hydrogen (secondary N) is 1. The second-order valence-corrected chi connectivity index (χ2v) is 7.06. The standard InChI is InChI=1S/C20H18ClFN4O2/c21-14-5-3-4-13(12-14)18-24-20(28-25-18)23-15-8-10-26(11-9-15)19(27)16-6-1-2-7-17(16)22/h1-7,12,15H,8-11H2,(H,23,24,25). The largest absolute Gasteiger partial charge is 0.338 e. The lowest BCUT2D eigenvalue weighted by molar-refractivity contribution is 0.0713. The Labute approximate surface area is 166 Å². The molecule has 3 aromatic rings. The summed E-state index contributed by atoms with van der Waals surface area (Å²) in [6.45, 7) is 1.06. The second kappa shape index (κ2) is 7.98. The van der Waals surface area contributed by atoms with Gasteiger partial charge in [-0.25, -0.2) is 4.39 Å². The van der Waals surface area contributed by atoms with Crippen molar-refractivity contribution in [1.29, 1.82) is 0 Å². The van der Waals surface area contributed by atoms with E-state index < -0.39 is 5.82 Å². The summed E-state index contributed by atoms with van der Waals surface area (Å²) in [6.07, 6.45) is 1.41. The minimum atomic E-state index is -0.493. The van der Waals surface area contributed by atoms with Crippen LogP contribution in [0.2, 0.25) is 5.02 Å². The first kappa shape index (κ1) is 18.4. The molecule has 8 heteroatoms. The second-order valence-electron chi connectivity index (χ2n) is 6.62. The maximum Gasteiger partial charge on any atom is 0.322 e. The molecule has 2 aromatic carbocycles. The number of rotatable bonds is 4. The van der Waals surface area contributed by atoms with Crippen LogP contribution >= 0.6 is 11.6 Å². The molecule has 1 aromatic heterocycles. The molecule has 1 N–H and O–H groups in total. The predicted molar refractivity (Wildman–Crippen MR) is 104 cm³/mol. The fourth-order valence-electron chi connectivity index (χ4n) is 3.23. The van der Waals surface area contributed by atoms with Crippen molar-refractivity contribution in [1.82, 2.24) is 15.0 Å². The number of hydrogen-bond donors (Lipinski definition) is 1. The van der Waals surface area contributed by atoms with Gasteiger partial charge in [-0.05, 0) is 37.1 Å². The Morgan fingerprint density at radius 1 is 1.18 bits per heavy atom. The van der Waals surface area contributed by atoms with E-state index >= 15 is 0 Å². The van der Waals surface area contributed by atoms with Gasteiger partial charge in [-0.1, -0.05) is 41.0 Å². The van der Waals surface area contributed by atoms with Crippen LogP contribution in [-0.4, -0.2) is 40.1 Å². The quantitative estimate of drug-likeness (QED) is 0.709. The van der Waals surface area contributed by atoms with Crippen LogP contribution in [0.4, 0.5) is 10.4 Å². The number of benzene rings is 2. The Morgan fingerprint density at radius 2 is 1.96 bits per heavy atom. The molecule has 0 saturated carbocycles. The summed E-state index contributed by atoms with van der Waals surface area (Å²) in [4.78, 5) is 18.5.